The van der Waals surface area contributed by atoms with Crippen molar-refractivity contribution in [3.05, 3.63) is 58.9 Å². The first-order valence-electron chi connectivity index (χ1n) is 7.94. The number of aryl methyl sites for hydroxylation is 1. The third-order valence-electron chi connectivity index (χ3n) is 3.70. The molecule has 0 radical (unpaired) electrons. The molecule has 0 aliphatic rings. The van der Waals surface area contributed by atoms with Gasteiger partial charge in [-0.15, -0.1) is 24.0 Å². The van der Waals surface area contributed by atoms with E-state index in [4.69, 9.17) is 16.6 Å². The van der Waals surface area contributed by atoms with Crippen LogP contribution in [0.2, 0.25) is 5.02 Å². The molecule has 1 aromatic heterocycles. The van der Waals surface area contributed by atoms with Gasteiger partial charge in [0, 0.05) is 44.1 Å². The Kier molecular flexibility index (Phi) is 9.21. The summed E-state index contributed by atoms with van der Waals surface area (Å²) >= 11 is 6.02. The first kappa shape index (κ1) is 20.8. The lowest BCUT2D eigenvalue weighted by atomic mass is 10.1. The van der Waals surface area contributed by atoms with Gasteiger partial charge in [-0.2, -0.15) is 0 Å². The van der Waals surface area contributed by atoms with Gasteiger partial charge in [-0.1, -0.05) is 23.7 Å². The fourth-order valence-electron chi connectivity index (χ4n) is 2.43. The average Bonchev–Trinajstić information content (AvgIpc) is 2.91. The molecule has 0 amide bonds. The summed E-state index contributed by atoms with van der Waals surface area (Å²) in [5.74, 6) is 0.927. The van der Waals surface area contributed by atoms with Gasteiger partial charge in [0.25, 0.3) is 0 Å². The van der Waals surface area contributed by atoms with Crippen molar-refractivity contribution in [3.8, 4) is 0 Å². The first-order chi connectivity index (χ1) is 11.1. The zero-order valence-electron chi connectivity index (χ0n) is 14.5. The van der Waals surface area contributed by atoms with Crippen LogP contribution in [-0.2, 0) is 20.0 Å². The number of benzene rings is 1. The molecule has 0 saturated carbocycles. The van der Waals surface area contributed by atoms with Crippen molar-refractivity contribution in [1.82, 2.24) is 14.8 Å². The van der Waals surface area contributed by atoms with Crippen LogP contribution in [0, 0.1) is 0 Å². The van der Waals surface area contributed by atoms with Gasteiger partial charge in [0.2, 0.25) is 0 Å². The molecule has 0 atom stereocenters. The molecule has 2 aromatic rings. The Hall–Kier alpha value is -1.21. The average molecular weight is 461 g/mol. The summed E-state index contributed by atoms with van der Waals surface area (Å²) in [4.78, 5) is 6.88. The zero-order valence-corrected chi connectivity index (χ0v) is 17.6. The van der Waals surface area contributed by atoms with E-state index in [0.717, 1.165) is 37.0 Å². The summed E-state index contributed by atoms with van der Waals surface area (Å²) < 4.78 is 2.13. The van der Waals surface area contributed by atoms with E-state index in [9.17, 15) is 0 Å². The minimum atomic E-state index is 0. The number of hydrogen-bond donors (Lipinski definition) is 1. The lowest BCUT2D eigenvalue weighted by Gasteiger charge is -2.22. The number of nitrogens with one attached hydrogen (secondary N) is 1. The van der Waals surface area contributed by atoms with Crippen LogP contribution in [0.5, 0.6) is 0 Å². The van der Waals surface area contributed by atoms with Crippen LogP contribution >= 0.6 is 35.6 Å². The quantitative estimate of drug-likeness (QED) is 0.402. The highest BCUT2D eigenvalue weighted by atomic mass is 127. The Bertz CT molecular complexity index is 654. The maximum atomic E-state index is 6.02. The van der Waals surface area contributed by atoms with E-state index in [1.165, 1.54) is 11.3 Å². The van der Waals surface area contributed by atoms with Crippen molar-refractivity contribution in [2.45, 2.75) is 19.9 Å². The number of aromatic nitrogens is 1. The van der Waals surface area contributed by atoms with Crippen molar-refractivity contribution in [1.29, 1.82) is 0 Å². The molecule has 24 heavy (non-hydrogen) atoms. The minimum absolute atomic E-state index is 0. The summed E-state index contributed by atoms with van der Waals surface area (Å²) in [7, 11) is 4.13. The Balaban J connectivity index is 0.00000288. The van der Waals surface area contributed by atoms with Gasteiger partial charge in [0.15, 0.2) is 5.96 Å². The third kappa shape index (κ3) is 6.36. The van der Waals surface area contributed by atoms with Gasteiger partial charge in [0.1, 0.15) is 0 Å². The summed E-state index contributed by atoms with van der Waals surface area (Å²) in [5, 5.41) is 4.13. The Morgan fingerprint density at radius 1 is 1.29 bits per heavy atom. The van der Waals surface area contributed by atoms with E-state index in [1.54, 1.807) is 0 Å². The van der Waals surface area contributed by atoms with Crippen LogP contribution in [0.15, 0.2) is 47.6 Å². The number of guanidine groups is 1. The number of rotatable bonds is 6. The van der Waals surface area contributed by atoms with E-state index >= 15 is 0 Å². The van der Waals surface area contributed by atoms with Gasteiger partial charge in [-0.25, -0.2) is 0 Å². The molecule has 4 nitrogen and oxygen atoms in total. The summed E-state index contributed by atoms with van der Waals surface area (Å²) in [6.07, 6.45) is 2.94. The largest absolute Gasteiger partial charge is 0.357 e. The molecule has 0 aliphatic heterocycles. The maximum absolute atomic E-state index is 6.02. The van der Waals surface area contributed by atoms with E-state index < -0.39 is 0 Å². The van der Waals surface area contributed by atoms with E-state index in [2.05, 4.69) is 60.2 Å². The second-order valence-corrected chi connectivity index (χ2v) is 6.02. The molecule has 0 spiro atoms. The van der Waals surface area contributed by atoms with E-state index in [-0.39, 0.29) is 24.0 Å². The highest BCUT2D eigenvalue weighted by Crippen LogP contribution is 2.11. The SMILES string of the molecule is CCNC(=NCCc1cccc(Cl)c1)N(C)Cc1cccn1C.I. The second kappa shape index (κ2) is 10.6. The number of nitrogens with zero attached hydrogens (tertiary/aromatic N) is 3. The monoisotopic (exact) mass is 460 g/mol. The lowest BCUT2D eigenvalue weighted by Crippen LogP contribution is -2.39. The predicted molar refractivity (Wildman–Crippen MR) is 113 cm³/mol. The normalized spacial score (nSPS) is 11.1. The molecule has 0 fully saturated rings. The molecule has 132 valence electrons. The van der Waals surface area contributed by atoms with Gasteiger partial charge in [-0.3, -0.25) is 4.99 Å². The molecule has 0 unspecified atom stereocenters. The highest BCUT2D eigenvalue weighted by molar-refractivity contribution is 14.0. The molecular weight excluding hydrogens is 435 g/mol. The minimum Gasteiger partial charge on any atom is -0.357 e. The Labute approximate surface area is 166 Å². The molecule has 0 saturated heterocycles. The summed E-state index contributed by atoms with van der Waals surface area (Å²) in [5.41, 5.74) is 2.47. The number of hydrogen-bond acceptors (Lipinski definition) is 1. The molecule has 0 aliphatic carbocycles. The molecule has 0 bridgehead atoms. The summed E-state index contributed by atoms with van der Waals surface area (Å²) in [6.45, 7) is 4.50. The fourth-order valence-corrected chi connectivity index (χ4v) is 2.64. The van der Waals surface area contributed by atoms with Gasteiger partial charge in [-0.05, 0) is 43.2 Å². The topological polar surface area (TPSA) is 32.6 Å². The molecule has 1 N–H and O–H groups in total. The van der Waals surface area contributed by atoms with Crippen LogP contribution in [-0.4, -0.2) is 35.6 Å². The number of aliphatic imine (C=N–C) groups is 1. The molecule has 1 heterocycles. The standard InChI is InChI=1S/C18H25ClN4.HI/c1-4-20-18(23(3)14-17-9-6-12-22(17)2)21-11-10-15-7-5-8-16(19)13-15;/h5-9,12-13H,4,10-11,14H2,1-3H3,(H,20,21);1H. The fraction of sp³-hybridized carbons (Fsp3) is 0.389. The van der Waals surface area contributed by atoms with Crippen molar-refractivity contribution in [2.75, 3.05) is 20.1 Å². The van der Waals surface area contributed by atoms with Gasteiger partial charge < -0.3 is 14.8 Å². The molecule has 1 aromatic carbocycles. The van der Waals surface area contributed by atoms with Crippen molar-refractivity contribution < 1.29 is 0 Å². The first-order valence-corrected chi connectivity index (χ1v) is 8.32. The van der Waals surface area contributed by atoms with Crippen LogP contribution in [0.4, 0.5) is 0 Å². The zero-order chi connectivity index (χ0) is 16.7. The summed E-state index contributed by atoms with van der Waals surface area (Å²) in [6, 6.07) is 12.2. The van der Waals surface area contributed by atoms with Crippen molar-refractivity contribution in [2.24, 2.45) is 12.0 Å². The smallest absolute Gasteiger partial charge is 0.194 e. The Morgan fingerprint density at radius 3 is 2.71 bits per heavy atom. The van der Waals surface area contributed by atoms with Crippen LogP contribution in [0.3, 0.4) is 0 Å². The van der Waals surface area contributed by atoms with Crippen LogP contribution in [0.1, 0.15) is 18.2 Å². The molecule has 2 rings (SSSR count). The molecular formula is C18H26ClIN4. The predicted octanol–water partition coefficient (Wildman–Crippen LogP) is 3.94. The Morgan fingerprint density at radius 2 is 2.08 bits per heavy atom. The van der Waals surface area contributed by atoms with Crippen LogP contribution < -0.4 is 5.32 Å². The molecule has 6 heteroatoms. The second-order valence-electron chi connectivity index (χ2n) is 5.58. The van der Waals surface area contributed by atoms with E-state index in [1.807, 2.05) is 18.2 Å². The van der Waals surface area contributed by atoms with Gasteiger partial charge in [0.05, 0.1) is 6.54 Å². The third-order valence-corrected chi connectivity index (χ3v) is 3.93. The maximum Gasteiger partial charge on any atom is 0.194 e. The van der Waals surface area contributed by atoms with Crippen molar-refractivity contribution in [3.63, 3.8) is 0 Å². The number of halogens is 2. The lowest BCUT2D eigenvalue weighted by molar-refractivity contribution is 0.462. The van der Waals surface area contributed by atoms with Crippen molar-refractivity contribution >= 4 is 41.5 Å². The van der Waals surface area contributed by atoms with Gasteiger partial charge >= 0.3 is 0 Å². The van der Waals surface area contributed by atoms with Crippen LogP contribution in [0.25, 0.3) is 0 Å². The van der Waals surface area contributed by atoms with E-state index in [0.29, 0.717) is 0 Å². The highest BCUT2D eigenvalue weighted by Gasteiger charge is 2.08.